The fraction of sp³-hybridized carbons (Fsp3) is 0.500. The first-order chi connectivity index (χ1) is 6.16. The number of nitrogens with one attached hydrogen (secondary N) is 1. The summed E-state index contributed by atoms with van der Waals surface area (Å²) in [7, 11) is 0. The molecule has 0 atom stereocenters. The van der Waals surface area contributed by atoms with Gasteiger partial charge in [-0.3, -0.25) is 4.68 Å². The molecule has 3 nitrogen and oxygen atoms in total. The van der Waals surface area contributed by atoms with E-state index in [0.717, 1.165) is 17.9 Å². The molecule has 1 aromatic rings. The Kier molecular flexibility index (Phi) is 3.12. The molecule has 0 amide bonds. The van der Waals surface area contributed by atoms with Gasteiger partial charge in [-0.1, -0.05) is 6.58 Å². The maximum Gasteiger partial charge on any atom is 0.0838 e. The van der Waals surface area contributed by atoms with Crippen molar-refractivity contribution < 1.29 is 0 Å². The average molecular weight is 179 g/mol. The summed E-state index contributed by atoms with van der Waals surface area (Å²) < 4.78 is 1.96. The van der Waals surface area contributed by atoms with Crippen molar-refractivity contribution in [1.82, 2.24) is 15.1 Å². The zero-order chi connectivity index (χ0) is 9.84. The smallest absolute Gasteiger partial charge is 0.0838 e. The lowest BCUT2D eigenvalue weighted by atomic mass is 10.3. The first-order valence-electron chi connectivity index (χ1n) is 4.63. The molecule has 0 saturated heterocycles. The molecule has 1 heterocycles. The van der Waals surface area contributed by atoms with E-state index in [0.29, 0.717) is 6.04 Å². The van der Waals surface area contributed by atoms with Crippen LogP contribution in [0.15, 0.2) is 18.8 Å². The van der Waals surface area contributed by atoms with E-state index in [4.69, 9.17) is 0 Å². The predicted molar refractivity (Wildman–Crippen MR) is 55.3 cm³/mol. The molecule has 0 saturated carbocycles. The molecule has 0 aromatic carbocycles. The van der Waals surface area contributed by atoms with Crippen LogP contribution in [0.3, 0.4) is 0 Å². The third-order valence-electron chi connectivity index (χ3n) is 1.86. The van der Waals surface area contributed by atoms with Gasteiger partial charge in [-0.05, 0) is 26.8 Å². The number of rotatable bonds is 4. The van der Waals surface area contributed by atoms with Gasteiger partial charge in [0.25, 0.3) is 0 Å². The second kappa shape index (κ2) is 4.12. The van der Waals surface area contributed by atoms with E-state index < -0.39 is 0 Å². The van der Waals surface area contributed by atoms with E-state index in [1.54, 1.807) is 6.20 Å². The maximum absolute atomic E-state index is 4.23. The van der Waals surface area contributed by atoms with Crippen LogP contribution in [-0.4, -0.2) is 16.3 Å². The second-order valence-corrected chi connectivity index (χ2v) is 3.26. The SMILES string of the molecule is C=C(NCC)c1ccnn1C(C)C. The number of hydrogen-bond acceptors (Lipinski definition) is 2. The van der Waals surface area contributed by atoms with Gasteiger partial charge in [-0.15, -0.1) is 0 Å². The zero-order valence-corrected chi connectivity index (χ0v) is 8.54. The van der Waals surface area contributed by atoms with E-state index in [-0.39, 0.29) is 0 Å². The number of aromatic nitrogens is 2. The highest BCUT2D eigenvalue weighted by Gasteiger charge is 2.07. The normalized spacial score (nSPS) is 10.5. The summed E-state index contributed by atoms with van der Waals surface area (Å²) in [6.07, 6.45) is 1.80. The minimum absolute atomic E-state index is 0.375. The molecule has 0 spiro atoms. The van der Waals surface area contributed by atoms with E-state index in [1.165, 1.54) is 0 Å². The van der Waals surface area contributed by atoms with Crippen LogP contribution in [0.25, 0.3) is 5.70 Å². The van der Waals surface area contributed by atoms with Crippen molar-refractivity contribution in [2.24, 2.45) is 0 Å². The zero-order valence-electron chi connectivity index (χ0n) is 8.54. The van der Waals surface area contributed by atoms with Crippen molar-refractivity contribution in [3.8, 4) is 0 Å². The maximum atomic E-state index is 4.23. The van der Waals surface area contributed by atoms with Crippen LogP contribution in [0, 0.1) is 0 Å². The Labute approximate surface area is 79.5 Å². The molecule has 3 heteroatoms. The third-order valence-corrected chi connectivity index (χ3v) is 1.86. The topological polar surface area (TPSA) is 29.9 Å². The lowest BCUT2D eigenvalue weighted by Crippen LogP contribution is -2.15. The van der Waals surface area contributed by atoms with Crippen LogP contribution in [0.5, 0.6) is 0 Å². The highest BCUT2D eigenvalue weighted by Crippen LogP contribution is 2.13. The van der Waals surface area contributed by atoms with Crippen molar-refractivity contribution in [3.63, 3.8) is 0 Å². The largest absolute Gasteiger partial charge is 0.384 e. The monoisotopic (exact) mass is 179 g/mol. The van der Waals surface area contributed by atoms with E-state index in [2.05, 4.69) is 37.8 Å². The Morgan fingerprint density at radius 3 is 2.92 bits per heavy atom. The van der Waals surface area contributed by atoms with E-state index in [1.807, 2.05) is 10.7 Å². The molecule has 0 aliphatic heterocycles. The van der Waals surface area contributed by atoms with Crippen LogP contribution in [-0.2, 0) is 0 Å². The third kappa shape index (κ3) is 2.11. The molecule has 0 aliphatic rings. The Morgan fingerprint density at radius 2 is 2.38 bits per heavy atom. The summed E-state index contributed by atoms with van der Waals surface area (Å²) in [5.41, 5.74) is 2.01. The first kappa shape index (κ1) is 9.84. The Bertz CT molecular complexity index is 286. The van der Waals surface area contributed by atoms with Gasteiger partial charge in [0.1, 0.15) is 0 Å². The predicted octanol–water partition coefficient (Wildman–Crippen LogP) is 2.04. The van der Waals surface area contributed by atoms with Gasteiger partial charge in [0, 0.05) is 18.8 Å². The van der Waals surface area contributed by atoms with Gasteiger partial charge < -0.3 is 5.32 Å². The summed E-state index contributed by atoms with van der Waals surface area (Å²) in [6.45, 7) is 11.1. The standard InChI is InChI=1S/C10H17N3/c1-5-11-9(4)10-6-7-12-13(10)8(2)3/h6-8,11H,4-5H2,1-3H3. The molecule has 1 aromatic heterocycles. The van der Waals surface area contributed by atoms with Gasteiger partial charge in [0.05, 0.1) is 11.4 Å². The Hall–Kier alpha value is -1.25. The van der Waals surface area contributed by atoms with Gasteiger partial charge in [-0.2, -0.15) is 5.10 Å². The fourth-order valence-corrected chi connectivity index (χ4v) is 1.27. The van der Waals surface area contributed by atoms with Crippen molar-refractivity contribution in [2.75, 3.05) is 6.54 Å². The van der Waals surface area contributed by atoms with Crippen LogP contribution < -0.4 is 5.32 Å². The Balaban J connectivity index is 2.87. The van der Waals surface area contributed by atoms with Gasteiger partial charge in [0.2, 0.25) is 0 Å². The highest BCUT2D eigenvalue weighted by molar-refractivity contribution is 5.58. The van der Waals surface area contributed by atoms with Crippen LogP contribution in [0.2, 0.25) is 0 Å². The van der Waals surface area contributed by atoms with Gasteiger partial charge in [-0.25, -0.2) is 0 Å². The first-order valence-corrected chi connectivity index (χ1v) is 4.63. The van der Waals surface area contributed by atoms with Crippen LogP contribution in [0.4, 0.5) is 0 Å². The summed E-state index contributed by atoms with van der Waals surface area (Å²) in [5, 5.41) is 7.42. The van der Waals surface area contributed by atoms with Crippen molar-refractivity contribution in [1.29, 1.82) is 0 Å². The van der Waals surface area contributed by atoms with Crippen molar-refractivity contribution in [3.05, 3.63) is 24.5 Å². The highest BCUT2D eigenvalue weighted by atomic mass is 15.3. The molecule has 0 aliphatic carbocycles. The van der Waals surface area contributed by atoms with E-state index >= 15 is 0 Å². The molecule has 0 bridgehead atoms. The van der Waals surface area contributed by atoms with E-state index in [9.17, 15) is 0 Å². The molecule has 0 fully saturated rings. The molecule has 0 unspecified atom stereocenters. The summed E-state index contributed by atoms with van der Waals surface area (Å²) in [6, 6.07) is 2.35. The van der Waals surface area contributed by atoms with Gasteiger partial charge in [0.15, 0.2) is 0 Å². The second-order valence-electron chi connectivity index (χ2n) is 3.26. The molecule has 1 rings (SSSR count). The summed E-state index contributed by atoms with van der Waals surface area (Å²) in [4.78, 5) is 0. The van der Waals surface area contributed by atoms with Crippen molar-refractivity contribution >= 4 is 5.70 Å². The molecule has 13 heavy (non-hydrogen) atoms. The van der Waals surface area contributed by atoms with Crippen molar-refractivity contribution in [2.45, 2.75) is 26.8 Å². The van der Waals surface area contributed by atoms with Crippen LogP contribution >= 0.6 is 0 Å². The molecule has 1 N–H and O–H groups in total. The van der Waals surface area contributed by atoms with Gasteiger partial charge >= 0.3 is 0 Å². The molecular formula is C10H17N3. The summed E-state index contributed by atoms with van der Waals surface area (Å²) >= 11 is 0. The number of nitrogens with zero attached hydrogens (tertiary/aromatic N) is 2. The quantitative estimate of drug-likeness (QED) is 0.766. The number of hydrogen-bond donors (Lipinski definition) is 1. The molecular weight excluding hydrogens is 162 g/mol. The minimum Gasteiger partial charge on any atom is -0.384 e. The Morgan fingerprint density at radius 1 is 1.69 bits per heavy atom. The lowest BCUT2D eigenvalue weighted by molar-refractivity contribution is 0.525. The average Bonchev–Trinajstić information content (AvgIpc) is 2.52. The lowest BCUT2D eigenvalue weighted by Gasteiger charge is -2.13. The van der Waals surface area contributed by atoms with Crippen LogP contribution in [0.1, 0.15) is 32.5 Å². The minimum atomic E-state index is 0.375. The molecule has 72 valence electrons. The fourth-order valence-electron chi connectivity index (χ4n) is 1.27. The molecule has 0 radical (unpaired) electrons. The summed E-state index contributed by atoms with van der Waals surface area (Å²) in [5.74, 6) is 0.